The summed E-state index contributed by atoms with van der Waals surface area (Å²) >= 11 is 0. The van der Waals surface area contributed by atoms with E-state index in [2.05, 4.69) is 5.32 Å². The summed E-state index contributed by atoms with van der Waals surface area (Å²) in [5.74, 6) is 0.743. The monoisotopic (exact) mass is 555 g/mol. The lowest BCUT2D eigenvalue weighted by atomic mass is 9.93. The average Bonchev–Trinajstić information content (AvgIpc) is 2.94. The molecule has 0 fully saturated rings. The Kier molecular flexibility index (Phi) is 8.52. The van der Waals surface area contributed by atoms with Gasteiger partial charge in [0, 0.05) is 36.6 Å². The van der Waals surface area contributed by atoms with E-state index in [1.54, 1.807) is 24.3 Å². The predicted octanol–water partition coefficient (Wildman–Crippen LogP) is 4.73. The molecule has 0 aliphatic carbocycles. The fourth-order valence-electron chi connectivity index (χ4n) is 4.56. The molecule has 0 bridgehead atoms. The molecule has 0 aromatic heterocycles. The first-order valence-corrected chi connectivity index (χ1v) is 12.2. The number of fused-ring (bicyclic) bond motifs is 1. The molecule has 3 aromatic carbocycles. The standard InChI is InChI=1S/C29H30FNO9/c1-15(32)31-21-11-17(30)7-8-19(21)29(33)40-26-14-20-22(35-3)12-18(34-2)13-23(20)39-27(26)16-9-24(36-4)28(38-6)25(10-16)37-5/h7-13,26-27H,14H2,1-6H3,(H,31,32). The van der Waals surface area contributed by atoms with Crippen LogP contribution in [0.4, 0.5) is 10.1 Å². The summed E-state index contributed by atoms with van der Waals surface area (Å²) in [6, 6.07) is 10.2. The fraction of sp³-hybridized carbons (Fsp3) is 0.310. The van der Waals surface area contributed by atoms with Crippen LogP contribution in [-0.4, -0.2) is 53.5 Å². The number of ether oxygens (including phenoxy) is 7. The van der Waals surface area contributed by atoms with E-state index in [1.165, 1.54) is 48.5 Å². The molecule has 1 amide bonds. The first kappa shape index (κ1) is 28.3. The summed E-state index contributed by atoms with van der Waals surface area (Å²) in [6.45, 7) is 1.26. The Balaban J connectivity index is 1.81. The van der Waals surface area contributed by atoms with Crippen molar-refractivity contribution in [1.82, 2.24) is 0 Å². The van der Waals surface area contributed by atoms with Crippen LogP contribution in [0.1, 0.15) is 34.5 Å². The van der Waals surface area contributed by atoms with Gasteiger partial charge in [0.15, 0.2) is 17.6 Å². The Morgan fingerprint density at radius 3 is 2.12 bits per heavy atom. The van der Waals surface area contributed by atoms with E-state index in [-0.39, 0.29) is 17.7 Å². The van der Waals surface area contributed by atoms with Gasteiger partial charge in [-0.2, -0.15) is 0 Å². The summed E-state index contributed by atoms with van der Waals surface area (Å²) in [5, 5.41) is 2.47. The SMILES string of the molecule is COc1cc(OC)c2c(c1)OC(c1cc(OC)c(OC)c(OC)c1)C(OC(=O)c1ccc(F)cc1NC(C)=O)C2. The van der Waals surface area contributed by atoms with Crippen LogP contribution < -0.4 is 33.7 Å². The van der Waals surface area contributed by atoms with E-state index in [0.29, 0.717) is 45.6 Å². The van der Waals surface area contributed by atoms with Gasteiger partial charge < -0.3 is 38.5 Å². The number of amides is 1. The number of nitrogens with one attached hydrogen (secondary N) is 1. The second kappa shape index (κ2) is 12.0. The van der Waals surface area contributed by atoms with Crippen molar-refractivity contribution in [3.8, 4) is 34.5 Å². The lowest BCUT2D eigenvalue weighted by molar-refractivity contribution is -0.114. The van der Waals surface area contributed by atoms with Gasteiger partial charge in [-0.05, 0) is 30.3 Å². The van der Waals surface area contributed by atoms with Crippen molar-refractivity contribution in [2.75, 3.05) is 40.9 Å². The Hall–Kier alpha value is -4.67. The molecule has 1 N–H and O–H groups in total. The van der Waals surface area contributed by atoms with Crippen molar-refractivity contribution in [2.45, 2.75) is 25.6 Å². The molecule has 2 atom stereocenters. The van der Waals surface area contributed by atoms with Crippen molar-refractivity contribution < 1.29 is 47.1 Å². The van der Waals surface area contributed by atoms with Gasteiger partial charge in [0.2, 0.25) is 11.7 Å². The first-order valence-electron chi connectivity index (χ1n) is 12.2. The highest BCUT2D eigenvalue weighted by Gasteiger charge is 2.38. The molecule has 11 heteroatoms. The number of methoxy groups -OCH3 is 5. The average molecular weight is 556 g/mol. The van der Waals surface area contributed by atoms with Gasteiger partial charge in [-0.1, -0.05) is 0 Å². The molecule has 212 valence electrons. The zero-order valence-electron chi connectivity index (χ0n) is 23.0. The van der Waals surface area contributed by atoms with Gasteiger partial charge in [0.05, 0.1) is 46.8 Å². The normalized spacial score (nSPS) is 15.7. The van der Waals surface area contributed by atoms with E-state index >= 15 is 0 Å². The molecule has 0 saturated carbocycles. The maximum atomic E-state index is 13.9. The molecular formula is C29H30FNO9. The van der Waals surface area contributed by atoms with Crippen LogP contribution in [0.25, 0.3) is 0 Å². The topological polar surface area (TPSA) is 111 Å². The smallest absolute Gasteiger partial charge is 0.340 e. The van der Waals surface area contributed by atoms with Crippen molar-refractivity contribution in [1.29, 1.82) is 0 Å². The number of rotatable bonds is 9. The second-order valence-electron chi connectivity index (χ2n) is 8.82. The lowest BCUT2D eigenvalue weighted by Gasteiger charge is -2.35. The Bertz CT molecular complexity index is 1400. The summed E-state index contributed by atoms with van der Waals surface area (Å²) in [5.41, 5.74) is 1.20. The maximum Gasteiger partial charge on any atom is 0.340 e. The van der Waals surface area contributed by atoms with Gasteiger partial charge in [0.1, 0.15) is 29.2 Å². The van der Waals surface area contributed by atoms with E-state index in [4.69, 9.17) is 33.2 Å². The maximum absolute atomic E-state index is 13.9. The molecule has 0 spiro atoms. The molecule has 1 aliphatic rings. The quantitative estimate of drug-likeness (QED) is 0.375. The predicted molar refractivity (Wildman–Crippen MR) is 143 cm³/mol. The number of esters is 1. The van der Waals surface area contributed by atoms with Crippen molar-refractivity contribution >= 4 is 17.6 Å². The summed E-state index contributed by atoms with van der Waals surface area (Å²) in [4.78, 5) is 25.1. The zero-order chi connectivity index (χ0) is 29.0. The van der Waals surface area contributed by atoms with Crippen LogP contribution in [0.15, 0.2) is 42.5 Å². The molecule has 3 aromatic rings. The minimum atomic E-state index is -0.889. The Morgan fingerprint density at radius 2 is 1.55 bits per heavy atom. The van der Waals surface area contributed by atoms with Crippen LogP contribution in [0, 0.1) is 5.82 Å². The number of hydrogen-bond donors (Lipinski definition) is 1. The van der Waals surface area contributed by atoms with Crippen LogP contribution in [0.5, 0.6) is 34.5 Å². The molecule has 2 unspecified atom stereocenters. The number of halogens is 1. The fourth-order valence-corrected chi connectivity index (χ4v) is 4.56. The molecule has 1 aliphatic heterocycles. The second-order valence-corrected chi connectivity index (χ2v) is 8.82. The summed E-state index contributed by atoms with van der Waals surface area (Å²) < 4.78 is 53.8. The third kappa shape index (κ3) is 5.68. The van der Waals surface area contributed by atoms with Gasteiger partial charge in [-0.15, -0.1) is 0 Å². The largest absolute Gasteiger partial charge is 0.496 e. The molecule has 0 radical (unpaired) electrons. The summed E-state index contributed by atoms with van der Waals surface area (Å²) in [6.07, 6.45) is -1.53. The highest BCUT2D eigenvalue weighted by atomic mass is 19.1. The minimum Gasteiger partial charge on any atom is -0.496 e. The highest BCUT2D eigenvalue weighted by Crippen LogP contribution is 2.47. The van der Waals surface area contributed by atoms with Crippen LogP contribution in [0.3, 0.4) is 0 Å². The molecule has 4 rings (SSSR count). The van der Waals surface area contributed by atoms with Crippen LogP contribution in [0.2, 0.25) is 0 Å². The van der Waals surface area contributed by atoms with Crippen molar-refractivity contribution in [3.05, 3.63) is 65.0 Å². The molecule has 0 saturated heterocycles. The van der Waals surface area contributed by atoms with Gasteiger partial charge in [-0.25, -0.2) is 9.18 Å². The van der Waals surface area contributed by atoms with E-state index in [0.717, 1.165) is 12.1 Å². The third-order valence-corrected chi connectivity index (χ3v) is 6.38. The summed E-state index contributed by atoms with van der Waals surface area (Å²) in [7, 11) is 7.51. The number of carbonyl (C=O) groups is 2. The molecular weight excluding hydrogens is 525 g/mol. The van der Waals surface area contributed by atoms with E-state index < -0.39 is 29.9 Å². The molecule has 10 nitrogen and oxygen atoms in total. The van der Waals surface area contributed by atoms with E-state index in [9.17, 15) is 14.0 Å². The van der Waals surface area contributed by atoms with E-state index in [1.807, 2.05) is 0 Å². The van der Waals surface area contributed by atoms with Gasteiger partial charge in [-0.3, -0.25) is 4.79 Å². The van der Waals surface area contributed by atoms with Crippen molar-refractivity contribution in [2.24, 2.45) is 0 Å². The van der Waals surface area contributed by atoms with Crippen molar-refractivity contribution in [3.63, 3.8) is 0 Å². The highest BCUT2D eigenvalue weighted by molar-refractivity contribution is 6.00. The zero-order valence-corrected chi connectivity index (χ0v) is 23.0. The Morgan fingerprint density at radius 1 is 0.875 bits per heavy atom. The lowest BCUT2D eigenvalue weighted by Crippen LogP contribution is -2.35. The minimum absolute atomic E-state index is 0.0127. The van der Waals surface area contributed by atoms with Crippen LogP contribution >= 0.6 is 0 Å². The van der Waals surface area contributed by atoms with Crippen LogP contribution in [-0.2, 0) is 16.0 Å². The first-order chi connectivity index (χ1) is 19.2. The number of carbonyl (C=O) groups excluding carboxylic acids is 2. The number of benzene rings is 3. The number of hydrogen-bond acceptors (Lipinski definition) is 9. The Labute approximate surface area is 230 Å². The van der Waals surface area contributed by atoms with Gasteiger partial charge >= 0.3 is 5.97 Å². The molecule has 1 heterocycles. The molecule has 40 heavy (non-hydrogen) atoms. The van der Waals surface area contributed by atoms with Gasteiger partial charge in [0.25, 0.3) is 0 Å². The third-order valence-electron chi connectivity index (χ3n) is 6.38. The number of anilines is 1.